The van der Waals surface area contributed by atoms with Crippen LogP contribution in [0.1, 0.15) is 41.3 Å². The van der Waals surface area contributed by atoms with Gasteiger partial charge < -0.3 is 38.9 Å². The summed E-state index contributed by atoms with van der Waals surface area (Å²) in [6.45, 7) is -1.80. The summed E-state index contributed by atoms with van der Waals surface area (Å²) in [6, 6.07) is 8.01. The number of morpholine rings is 1. The molecule has 1 unspecified atom stereocenters. The number of methoxy groups -OCH3 is 1. The van der Waals surface area contributed by atoms with Crippen molar-refractivity contribution in [3.8, 4) is 17.2 Å². The van der Waals surface area contributed by atoms with Crippen molar-refractivity contribution in [1.29, 1.82) is 0 Å². The van der Waals surface area contributed by atoms with Gasteiger partial charge in [0.2, 0.25) is 10.0 Å². The second-order valence-corrected chi connectivity index (χ2v) is 16.5. The highest BCUT2D eigenvalue weighted by molar-refractivity contribution is 8.02. The molecule has 2 atom stereocenters. The first kappa shape index (κ1) is 39.4. The highest BCUT2D eigenvalue weighted by Crippen LogP contribution is 2.41. The molecule has 3 heterocycles. The van der Waals surface area contributed by atoms with Crippen molar-refractivity contribution in [2.75, 3.05) is 58.9 Å². The standard InChI is InChI=1S/C34H36Cl2F2N3O10S2/c1-47-27-7-5-22(15-24(27)31(42)39-8-11-48-12-9-39)53(45,46)41-10-13-52-32(41)33(43)50-29(16-23-25(35)17-40(44)18-26(23)36)21-4-6-28(51-34(37)38)30(14-21)49-19-20-2-3-20/h4-7,14-15,17,20,29,32,34H,2-3,8-13,16,18-19H2,1H3/q-1/t29-,32?/m0/s1. The number of esters is 1. The van der Waals surface area contributed by atoms with Crippen LogP contribution in [0.2, 0.25) is 0 Å². The molecule has 3 aliphatic heterocycles. The fraction of sp³-hybridized carbons (Fsp3) is 0.471. The molecule has 2 aromatic carbocycles. The zero-order valence-corrected chi connectivity index (χ0v) is 31.5. The Morgan fingerprint density at radius 1 is 1.06 bits per heavy atom. The van der Waals surface area contributed by atoms with Crippen molar-refractivity contribution in [3.63, 3.8) is 0 Å². The zero-order chi connectivity index (χ0) is 37.9. The molecule has 0 radical (unpaired) electrons. The van der Waals surface area contributed by atoms with Gasteiger partial charge in [-0.25, -0.2) is 13.2 Å². The number of halogens is 4. The third-order valence-corrected chi connectivity index (χ3v) is 12.7. The van der Waals surface area contributed by atoms with E-state index in [0.29, 0.717) is 36.9 Å². The molecule has 53 heavy (non-hydrogen) atoms. The van der Waals surface area contributed by atoms with E-state index in [4.69, 9.17) is 42.1 Å². The molecule has 19 heteroatoms. The molecule has 6 rings (SSSR count). The lowest BCUT2D eigenvalue weighted by molar-refractivity contribution is -0.150. The molecule has 2 aromatic rings. The van der Waals surface area contributed by atoms with Crippen LogP contribution in [0, 0.1) is 11.1 Å². The van der Waals surface area contributed by atoms with Crippen LogP contribution in [-0.2, 0) is 24.3 Å². The molecule has 4 aliphatic rings. The van der Waals surface area contributed by atoms with Crippen LogP contribution in [0.15, 0.2) is 63.1 Å². The summed E-state index contributed by atoms with van der Waals surface area (Å²) in [5, 5.41) is 11.3. The van der Waals surface area contributed by atoms with Gasteiger partial charge in [-0.15, -0.1) is 11.8 Å². The Kier molecular flexibility index (Phi) is 12.6. The van der Waals surface area contributed by atoms with Crippen LogP contribution in [-0.4, -0.2) is 105 Å². The summed E-state index contributed by atoms with van der Waals surface area (Å²) in [7, 11) is -3.01. The van der Waals surface area contributed by atoms with Gasteiger partial charge >= 0.3 is 12.6 Å². The highest BCUT2D eigenvalue weighted by Gasteiger charge is 2.43. The van der Waals surface area contributed by atoms with E-state index in [1.54, 1.807) is 4.90 Å². The Hall–Kier alpha value is -3.32. The predicted molar refractivity (Wildman–Crippen MR) is 191 cm³/mol. The number of hydrogen-bond acceptors (Lipinski definition) is 12. The average Bonchev–Trinajstić information content (AvgIpc) is 3.83. The monoisotopic (exact) mass is 818 g/mol. The maximum atomic E-state index is 14.1. The number of carbonyl (C=O) groups excluding carboxylic acids is 2. The lowest BCUT2D eigenvalue weighted by atomic mass is 9.99. The number of alkyl halides is 2. The van der Waals surface area contributed by atoms with Crippen LogP contribution in [0.3, 0.4) is 0 Å². The summed E-state index contributed by atoms with van der Waals surface area (Å²) < 4.78 is 83.1. The molecular formula is C34H36Cl2F2N3O10S2-. The van der Waals surface area contributed by atoms with Crippen LogP contribution in [0.25, 0.3) is 0 Å². The van der Waals surface area contributed by atoms with Crippen LogP contribution in [0.5, 0.6) is 17.2 Å². The first-order valence-corrected chi connectivity index (χ1v) is 19.9. The van der Waals surface area contributed by atoms with Crippen molar-refractivity contribution in [3.05, 3.63) is 74.6 Å². The van der Waals surface area contributed by atoms with E-state index in [0.717, 1.165) is 35.1 Å². The second kappa shape index (κ2) is 17.0. The minimum Gasteiger partial charge on any atom is -0.758 e. The lowest BCUT2D eigenvalue weighted by Gasteiger charge is -2.32. The van der Waals surface area contributed by atoms with E-state index in [-0.39, 0.29) is 81.1 Å². The molecule has 1 aliphatic carbocycles. The first-order valence-electron chi connectivity index (χ1n) is 16.6. The molecule has 0 N–H and O–H groups in total. The highest BCUT2D eigenvalue weighted by atomic mass is 35.5. The molecule has 0 spiro atoms. The number of allylic oxidation sites excluding steroid dienone is 1. The van der Waals surface area contributed by atoms with E-state index in [1.807, 2.05) is 0 Å². The smallest absolute Gasteiger partial charge is 0.387 e. The third kappa shape index (κ3) is 9.32. The molecule has 13 nitrogen and oxygen atoms in total. The maximum Gasteiger partial charge on any atom is 0.387 e. The van der Waals surface area contributed by atoms with Crippen molar-refractivity contribution in [2.45, 2.75) is 42.2 Å². The summed E-state index contributed by atoms with van der Waals surface area (Å²) in [5.74, 6) is -0.876. The first-order chi connectivity index (χ1) is 25.3. The van der Waals surface area contributed by atoms with Gasteiger partial charge in [0.05, 0.1) is 42.4 Å². The van der Waals surface area contributed by atoms with E-state index in [1.165, 1.54) is 43.5 Å². The number of hydroxylamine groups is 2. The molecule has 0 aromatic heterocycles. The van der Waals surface area contributed by atoms with Gasteiger partial charge in [0, 0.05) is 49.6 Å². The van der Waals surface area contributed by atoms with Crippen LogP contribution >= 0.6 is 35.0 Å². The SMILES string of the molecule is COc1ccc(S(=O)(=O)N2CCSC2C(=O)O[C@@H](CC2=C(Cl)CN([O-])C=C2Cl)c2ccc(OC(F)F)c(OCC3CC3)c2)cc1C(=O)N1CCOCC1. The van der Waals surface area contributed by atoms with Crippen LogP contribution in [0.4, 0.5) is 8.78 Å². The van der Waals surface area contributed by atoms with Crippen molar-refractivity contribution < 1.29 is 50.5 Å². The molecular weight excluding hydrogens is 783 g/mol. The van der Waals surface area contributed by atoms with Crippen molar-refractivity contribution in [2.24, 2.45) is 5.92 Å². The number of ether oxygens (including phenoxy) is 5. The molecule has 3 fully saturated rings. The molecule has 1 saturated carbocycles. The minimum atomic E-state index is -4.38. The van der Waals surface area contributed by atoms with Gasteiger partial charge in [-0.3, -0.25) is 4.79 Å². The van der Waals surface area contributed by atoms with Gasteiger partial charge in [0.25, 0.3) is 5.91 Å². The number of benzene rings is 2. The van der Waals surface area contributed by atoms with Crippen molar-refractivity contribution in [1.82, 2.24) is 14.3 Å². The predicted octanol–water partition coefficient (Wildman–Crippen LogP) is 5.68. The Balaban J connectivity index is 1.29. The maximum absolute atomic E-state index is 14.1. The molecule has 0 bridgehead atoms. The second-order valence-electron chi connectivity index (χ2n) is 12.5. The number of nitrogens with zero attached hydrogens (tertiary/aromatic N) is 3. The topological polar surface area (TPSA) is 147 Å². The van der Waals surface area contributed by atoms with Gasteiger partial charge in [-0.1, -0.05) is 29.3 Å². The van der Waals surface area contributed by atoms with Crippen LogP contribution < -0.4 is 14.2 Å². The Morgan fingerprint density at radius 3 is 2.47 bits per heavy atom. The van der Waals surface area contributed by atoms with Gasteiger partial charge in [-0.2, -0.15) is 13.1 Å². The Morgan fingerprint density at radius 2 is 1.79 bits per heavy atom. The minimum absolute atomic E-state index is 0.00143. The summed E-state index contributed by atoms with van der Waals surface area (Å²) in [6.07, 6.45) is 1.64. The van der Waals surface area contributed by atoms with Gasteiger partial charge in [-0.05, 0) is 60.2 Å². The van der Waals surface area contributed by atoms with Gasteiger partial charge in [0.15, 0.2) is 16.9 Å². The lowest BCUT2D eigenvalue weighted by Crippen LogP contribution is -2.41. The summed E-state index contributed by atoms with van der Waals surface area (Å²) >= 11 is 13.9. The quantitative estimate of drug-likeness (QED) is 0.216. The summed E-state index contributed by atoms with van der Waals surface area (Å²) in [4.78, 5) is 28.8. The Labute approximate surface area is 319 Å². The molecule has 2 saturated heterocycles. The number of amides is 1. The Bertz CT molecular complexity index is 1880. The largest absolute Gasteiger partial charge is 0.758 e. The van der Waals surface area contributed by atoms with Gasteiger partial charge in [0.1, 0.15) is 11.9 Å². The number of hydrogen-bond donors (Lipinski definition) is 0. The van der Waals surface area contributed by atoms with E-state index < -0.39 is 40.0 Å². The zero-order valence-electron chi connectivity index (χ0n) is 28.4. The number of sulfonamides is 1. The van der Waals surface area contributed by atoms with E-state index in [9.17, 15) is 32.0 Å². The number of rotatable bonds is 14. The number of carbonyl (C=O) groups is 2. The molecule has 288 valence electrons. The van der Waals surface area contributed by atoms with E-state index in [2.05, 4.69) is 4.74 Å². The fourth-order valence-corrected chi connectivity index (χ4v) is 9.65. The summed E-state index contributed by atoms with van der Waals surface area (Å²) in [5.41, 5.74) is 0.626. The average molecular weight is 820 g/mol. The number of thioether (sulfide) groups is 1. The normalized spacial score (nSPS) is 20.4. The fourth-order valence-electron chi connectivity index (χ4n) is 5.93. The van der Waals surface area contributed by atoms with E-state index >= 15 is 0 Å². The third-order valence-electron chi connectivity index (χ3n) is 8.90. The molecule has 1 amide bonds. The van der Waals surface area contributed by atoms with Crippen molar-refractivity contribution >= 4 is 56.9 Å².